The molecule has 1 nitrogen and oxygen atoms in total. The van der Waals surface area contributed by atoms with Crippen LogP contribution in [-0.2, 0) is 6.42 Å². The first-order valence-electron chi connectivity index (χ1n) is 6.34. The highest BCUT2D eigenvalue weighted by atomic mass is 35.5. The Kier molecular flexibility index (Phi) is 3.93. The van der Waals surface area contributed by atoms with E-state index in [4.69, 9.17) is 11.6 Å². The Morgan fingerprint density at radius 3 is 2.67 bits per heavy atom. The molecule has 0 bridgehead atoms. The van der Waals surface area contributed by atoms with Crippen LogP contribution in [0.25, 0.3) is 10.1 Å². The summed E-state index contributed by atoms with van der Waals surface area (Å²) < 4.78 is 27.7. The average Bonchev–Trinajstić information content (AvgIpc) is 2.85. The summed E-state index contributed by atoms with van der Waals surface area (Å²) in [6, 6.07) is 10.7. The fraction of sp³-hybridized carbons (Fsp3) is 0.125. The number of thiophene rings is 1. The molecule has 1 aromatic heterocycles. The Bertz CT molecular complexity index is 800. The van der Waals surface area contributed by atoms with Gasteiger partial charge in [-0.3, -0.25) is 0 Å². The summed E-state index contributed by atoms with van der Waals surface area (Å²) in [6.45, 7) is 0. The lowest BCUT2D eigenvalue weighted by Gasteiger charge is -2.09. The molecular formula is C16H11ClF2OS. The van der Waals surface area contributed by atoms with Crippen LogP contribution < -0.4 is 0 Å². The number of benzene rings is 2. The Hall–Kier alpha value is -1.49. The Balaban J connectivity index is 1.87. The van der Waals surface area contributed by atoms with Crippen molar-refractivity contribution in [1.82, 2.24) is 0 Å². The van der Waals surface area contributed by atoms with Gasteiger partial charge in [0.15, 0.2) is 0 Å². The number of rotatable bonds is 3. The standard InChI is InChI=1S/C16H11ClF2OS/c17-11-3-1-9(13(19)7-11)5-14(20)16-6-10-2-4-12(18)8-15(10)21-16/h1-4,6-8,14,20H,5H2. The zero-order valence-corrected chi connectivity index (χ0v) is 12.4. The lowest BCUT2D eigenvalue weighted by atomic mass is 10.1. The topological polar surface area (TPSA) is 20.2 Å². The summed E-state index contributed by atoms with van der Waals surface area (Å²) in [5, 5.41) is 11.4. The van der Waals surface area contributed by atoms with Crippen molar-refractivity contribution in [1.29, 1.82) is 0 Å². The first-order chi connectivity index (χ1) is 10.0. The van der Waals surface area contributed by atoms with Crippen molar-refractivity contribution in [3.63, 3.8) is 0 Å². The van der Waals surface area contributed by atoms with Gasteiger partial charge in [-0.2, -0.15) is 0 Å². The van der Waals surface area contributed by atoms with Crippen LogP contribution >= 0.6 is 22.9 Å². The van der Waals surface area contributed by atoms with Crippen molar-refractivity contribution in [3.05, 3.63) is 69.6 Å². The van der Waals surface area contributed by atoms with Crippen LogP contribution in [0, 0.1) is 11.6 Å². The molecule has 3 aromatic rings. The van der Waals surface area contributed by atoms with Crippen molar-refractivity contribution < 1.29 is 13.9 Å². The van der Waals surface area contributed by atoms with E-state index in [2.05, 4.69) is 0 Å². The first-order valence-corrected chi connectivity index (χ1v) is 7.53. The number of halogens is 3. The normalized spacial score (nSPS) is 12.8. The molecule has 3 rings (SSSR count). The number of fused-ring (bicyclic) bond motifs is 1. The van der Waals surface area contributed by atoms with Crippen LogP contribution in [0.2, 0.25) is 5.02 Å². The summed E-state index contributed by atoms with van der Waals surface area (Å²) in [6.07, 6.45) is -0.681. The molecule has 2 aromatic carbocycles. The molecule has 0 aliphatic rings. The van der Waals surface area contributed by atoms with Gasteiger partial charge in [-0.05, 0) is 41.3 Å². The summed E-state index contributed by atoms with van der Waals surface area (Å²) in [7, 11) is 0. The third-order valence-electron chi connectivity index (χ3n) is 3.26. The zero-order chi connectivity index (χ0) is 15.0. The second-order valence-corrected chi connectivity index (χ2v) is 6.34. The average molecular weight is 325 g/mol. The van der Waals surface area contributed by atoms with E-state index in [9.17, 15) is 13.9 Å². The van der Waals surface area contributed by atoms with E-state index in [0.29, 0.717) is 15.5 Å². The van der Waals surface area contributed by atoms with Crippen LogP contribution in [-0.4, -0.2) is 5.11 Å². The fourth-order valence-corrected chi connectivity index (χ4v) is 3.42. The highest BCUT2D eigenvalue weighted by Crippen LogP contribution is 2.32. The van der Waals surface area contributed by atoms with Crippen LogP contribution in [0.15, 0.2) is 42.5 Å². The third kappa shape index (κ3) is 3.07. The number of aliphatic hydroxyl groups excluding tert-OH is 1. The second-order valence-electron chi connectivity index (χ2n) is 4.79. The molecule has 21 heavy (non-hydrogen) atoms. The van der Waals surface area contributed by atoms with Gasteiger partial charge in [0.2, 0.25) is 0 Å². The molecule has 1 heterocycles. The van der Waals surface area contributed by atoms with E-state index in [1.807, 2.05) is 0 Å². The first kappa shape index (κ1) is 14.4. The third-order valence-corrected chi connectivity index (χ3v) is 4.69. The van der Waals surface area contributed by atoms with Gasteiger partial charge in [-0.15, -0.1) is 11.3 Å². The van der Waals surface area contributed by atoms with E-state index >= 15 is 0 Å². The molecule has 5 heteroatoms. The van der Waals surface area contributed by atoms with Crippen LogP contribution in [0.4, 0.5) is 8.78 Å². The van der Waals surface area contributed by atoms with Gasteiger partial charge in [0, 0.05) is 21.0 Å². The van der Waals surface area contributed by atoms with Crippen molar-refractivity contribution in [2.24, 2.45) is 0 Å². The van der Waals surface area contributed by atoms with E-state index in [-0.39, 0.29) is 12.2 Å². The summed E-state index contributed by atoms with van der Waals surface area (Å²) in [5.74, 6) is -0.747. The van der Waals surface area contributed by atoms with Crippen LogP contribution in [0.3, 0.4) is 0 Å². The van der Waals surface area contributed by atoms with Crippen molar-refractivity contribution in [2.45, 2.75) is 12.5 Å². The largest absolute Gasteiger partial charge is 0.387 e. The maximum Gasteiger partial charge on any atom is 0.127 e. The molecule has 0 saturated heterocycles. The number of hydrogen-bond donors (Lipinski definition) is 1. The lowest BCUT2D eigenvalue weighted by molar-refractivity contribution is 0.181. The van der Waals surface area contributed by atoms with E-state index in [0.717, 1.165) is 10.1 Å². The molecule has 0 radical (unpaired) electrons. The van der Waals surface area contributed by atoms with Gasteiger partial charge in [0.05, 0.1) is 6.10 Å². The van der Waals surface area contributed by atoms with Crippen LogP contribution in [0.5, 0.6) is 0 Å². The molecule has 108 valence electrons. The van der Waals surface area contributed by atoms with Gasteiger partial charge in [0.25, 0.3) is 0 Å². The van der Waals surface area contributed by atoms with Gasteiger partial charge in [-0.1, -0.05) is 23.7 Å². The molecule has 0 fully saturated rings. The monoisotopic (exact) mass is 324 g/mol. The van der Waals surface area contributed by atoms with E-state index in [1.165, 1.54) is 29.5 Å². The molecule has 0 amide bonds. The number of aliphatic hydroxyl groups is 1. The van der Waals surface area contributed by atoms with Crippen LogP contribution in [0.1, 0.15) is 16.5 Å². The van der Waals surface area contributed by atoms with E-state index < -0.39 is 11.9 Å². The Morgan fingerprint density at radius 1 is 1.10 bits per heavy atom. The summed E-state index contributed by atoms with van der Waals surface area (Å²) in [5.41, 5.74) is 0.399. The van der Waals surface area contributed by atoms with Crippen molar-refractivity contribution >= 4 is 33.0 Å². The molecule has 0 aliphatic heterocycles. The minimum Gasteiger partial charge on any atom is -0.387 e. The zero-order valence-electron chi connectivity index (χ0n) is 10.8. The second kappa shape index (κ2) is 5.72. The van der Waals surface area contributed by atoms with Gasteiger partial charge in [-0.25, -0.2) is 8.78 Å². The molecule has 0 aliphatic carbocycles. The Labute approximate surface area is 129 Å². The predicted molar refractivity (Wildman–Crippen MR) is 81.9 cm³/mol. The number of hydrogen-bond acceptors (Lipinski definition) is 2. The highest BCUT2D eigenvalue weighted by molar-refractivity contribution is 7.19. The molecule has 1 N–H and O–H groups in total. The molecule has 1 atom stereocenters. The molecule has 0 spiro atoms. The van der Waals surface area contributed by atoms with Crippen molar-refractivity contribution in [3.8, 4) is 0 Å². The summed E-state index contributed by atoms with van der Waals surface area (Å²) in [4.78, 5) is 0.685. The maximum absolute atomic E-state index is 13.7. The van der Waals surface area contributed by atoms with Gasteiger partial charge in [0.1, 0.15) is 11.6 Å². The fourth-order valence-electron chi connectivity index (χ4n) is 2.19. The molecule has 1 unspecified atom stereocenters. The predicted octanol–water partition coefficient (Wildman–Crippen LogP) is 5.11. The summed E-state index contributed by atoms with van der Waals surface area (Å²) >= 11 is 7.01. The molecular weight excluding hydrogens is 314 g/mol. The minimum absolute atomic E-state index is 0.151. The lowest BCUT2D eigenvalue weighted by Crippen LogP contribution is -2.01. The SMILES string of the molecule is OC(Cc1ccc(Cl)cc1F)c1cc2ccc(F)cc2s1. The highest BCUT2D eigenvalue weighted by Gasteiger charge is 2.15. The van der Waals surface area contributed by atoms with Crippen molar-refractivity contribution in [2.75, 3.05) is 0 Å². The Morgan fingerprint density at radius 2 is 1.90 bits per heavy atom. The maximum atomic E-state index is 13.7. The molecule has 0 saturated carbocycles. The minimum atomic E-state index is -0.832. The van der Waals surface area contributed by atoms with Gasteiger partial charge >= 0.3 is 0 Å². The smallest absolute Gasteiger partial charge is 0.127 e. The quantitative estimate of drug-likeness (QED) is 0.710. The van der Waals surface area contributed by atoms with E-state index in [1.54, 1.807) is 24.3 Å². The van der Waals surface area contributed by atoms with Gasteiger partial charge < -0.3 is 5.11 Å².